The smallest absolute Gasteiger partial charge is 0.130 e. The summed E-state index contributed by atoms with van der Waals surface area (Å²) in [5, 5.41) is 0. The fourth-order valence-electron chi connectivity index (χ4n) is 2.22. The highest BCUT2D eigenvalue weighted by molar-refractivity contribution is 5.41. The van der Waals surface area contributed by atoms with E-state index in [1.54, 1.807) is 0 Å². The van der Waals surface area contributed by atoms with E-state index in [0.29, 0.717) is 12.5 Å². The average Bonchev–Trinajstić information content (AvgIpc) is 2.42. The van der Waals surface area contributed by atoms with Crippen LogP contribution in [0.15, 0.2) is 42.5 Å². The predicted molar refractivity (Wildman–Crippen MR) is 84.5 cm³/mol. The van der Waals surface area contributed by atoms with Gasteiger partial charge in [-0.3, -0.25) is 0 Å². The molecular weight excluding hydrogens is 246 g/mol. The van der Waals surface area contributed by atoms with E-state index in [1.165, 1.54) is 16.7 Å². The highest BCUT2D eigenvalue weighted by Crippen LogP contribution is 2.28. The lowest BCUT2D eigenvalue weighted by Gasteiger charge is -2.13. The van der Waals surface area contributed by atoms with Crippen LogP contribution in [0.4, 0.5) is 0 Å². The van der Waals surface area contributed by atoms with Gasteiger partial charge < -0.3 is 10.5 Å². The van der Waals surface area contributed by atoms with Crippen molar-refractivity contribution in [2.24, 2.45) is 5.73 Å². The summed E-state index contributed by atoms with van der Waals surface area (Å²) in [7, 11) is 0. The summed E-state index contributed by atoms with van der Waals surface area (Å²) < 4.78 is 6.05. The fourth-order valence-corrected chi connectivity index (χ4v) is 2.22. The molecule has 2 nitrogen and oxygen atoms in total. The zero-order valence-electron chi connectivity index (χ0n) is 12.5. The lowest BCUT2D eigenvalue weighted by molar-refractivity contribution is 0.475. The van der Waals surface area contributed by atoms with E-state index in [2.05, 4.69) is 45.0 Å². The summed E-state index contributed by atoms with van der Waals surface area (Å²) in [4.78, 5) is 0. The van der Waals surface area contributed by atoms with E-state index in [-0.39, 0.29) is 0 Å². The Kier molecular flexibility index (Phi) is 4.80. The molecule has 0 amide bonds. The van der Waals surface area contributed by atoms with Crippen molar-refractivity contribution in [2.45, 2.75) is 33.1 Å². The first-order valence-corrected chi connectivity index (χ1v) is 7.17. The van der Waals surface area contributed by atoms with Crippen molar-refractivity contribution >= 4 is 0 Å². The minimum absolute atomic E-state index is 0.500. The van der Waals surface area contributed by atoms with Crippen LogP contribution < -0.4 is 10.5 Å². The third kappa shape index (κ3) is 3.61. The number of aryl methyl sites for hydroxylation is 1. The van der Waals surface area contributed by atoms with E-state index in [0.717, 1.165) is 17.9 Å². The van der Waals surface area contributed by atoms with Gasteiger partial charge in [0.05, 0.1) is 0 Å². The molecule has 0 saturated heterocycles. The Balaban J connectivity index is 2.27. The molecule has 0 unspecified atom stereocenters. The van der Waals surface area contributed by atoms with Crippen LogP contribution in [0.3, 0.4) is 0 Å². The van der Waals surface area contributed by atoms with E-state index in [9.17, 15) is 0 Å². The van der Waals surface area contributed by atoms with Gasteiger partial charge in [0.1, 0.15) is 11.5 Å². The van der Waals surface area contributed by atoms with Gasteiger partial charge in [-0.2, -0.15) is 0 Å². The Bertz CT molecular complexity index is 575. The van der Waals surface area contributed by atoms with Gasteiger partial charge in [-0.05, 0) is 55.1 Å². The van der Waals surface area contributed by atoms with Crippen LogP contribution in [0.1, 0.15) is 36.5 Å². The van der Waals surface area contributed by atoms with Crippen LogP contribution >= 0.6 is 0 Å². The molecule has 2 aromatic carbocycles. The van der Waals surface area contributed by atoms with Crippen LogP contribution in [-0.2, 0) is 6.42 Å². The van der Waals surface area contributed by atoms with Gasteiger partial charge in [0.2, 0.25) is 0 Å². The minimum atomic E-state index is 0.500. The molecule has 2 heteroatoms. The second kappa shape index (κ2) is 6.58. The summed E-state index contributed by atoms with van der Waals surface area (Å²) in [5.41, 5.74) is 9.37. The first kappa shape index (κ1) is 14.6. The molecule has 0 saturated carbocycles. The molecule has 0 aliphatic heterocycles. The molecule has 20 heavy (non-hydrogen) atoms. The fraction of sp³-hybridized carbons (Fsp3) is 0.333. The normalized spacial score (nSPS) is 10.8. The third-order valence-electron chi connectivity index (χ3n) is 3.38. The molecule has 0 aliphatic rings. The molecule has 0 bridgehead atoms. The van der Waals surface area contributed by atoms with Gasteiger partial charge in [-0.15, -0.1) is 0 Å². The maximum atomic E-state index is 6.05. The van der Waals surface area contributed by atoms with Crippen LogP contribution in [0.25, 0.3) is 0 Å². The molecule has 0 radical (unpaired) electrons. The number of rotatable bonds is 5. The molecule has 106 valence electrons. The van der Waals surface area contributed by atoms with E-state index in [4.69, 9.17) is 10.5 Å². The maximum Gasteiger partial charge on any atom is 0.130 e. The molecule has 2 rings (SSSR count). The van der Waals surface area contributed by atoms with Crippen LogP contribution in [-0.4, -0.2) is 6.54 Å². The Morgan fingerprint density at radius 2 is 1.90 bits per heavy atom. The molecule has 0 heterocycles. The zero-order valence-corrected chi connectivity index (χ0v) is 12.5. The van der Waals surface area contributed by atoms with Crippen molar-refractivity contribution in [3.05, 3.63) is 59.2 Å². The highest BCUT2D eigenvalue weighted by Gasteiger charge is 2.06. The van der Waals surface area contributed by atoms with Gasteiger partial charge in [-0.25, -0.2) is 0 Å². The number of benzene rings is 2. The molecule has 0 fully saturated rings. The SMILES string of the molecule is Cc1ccc(Oc2cccc(C(C)C)c2)c(CCN)c1. The van der Waals surface area contributed by atoms with Crippen molar-refractivity contribution in [2.75, 3.05) is 6.54 Å². The van der Waals surface area contributed by atoms with Crippen molar-refractivity contribution in [1.82, 2.24) is 0 Å². The Labute approximate surface area is 121 Å². The summed E-state index contributed by atoms with van der Waals surface area (Å²) in [6, 6.07) is 14.5. The van der Waals surface area contributed by atoms with E-state index >= 15 is 0 Å². The zero-order chi connectivity index (χ0) is 14.5. The number of hydrogen-bond donors (Lipinski definition) is 1. The molecular formula is C18H23NO. The Hall–Kier alpha value is -1.80. The summed E-state index contributed by atoms with van der Waals surface area (Å²) >= 11 is 0. The molecule has 0 atom stereocenters. The first-order valence-electron chi connectivity index (χ1n) is 7.17. The van der Waals surface area contributed by atoms with Gasteiger partial charge in [0, 0.05) is 0 Å². The molecule has 0 aromatic heterocycles. The van der Waals surface area contributed by atoms with Crippen molar-refractivity contribution < 1.29 is 4.74 Å². The number of ether oxygens (including phenoxy) is 1. The lowest BCUT2D eigenvalue weighted by atomic mass is 10.0. The van der Waals surface area contributed by atoms with Crippen molar-refractivity contribution in [1.29, 1.82) is 0 Å². The standard InChI is InChI=1S/C18H23NO/c1-13(2)15-5-4-6-17(12-15)20-18-8-7-14(3)11-16(18)9-10-19/h4-8,11-13H,9-10,19H2,1-3H3. The molecule has 0 spiro atoms. The minimum Gasteiger partial charge on any atom is -0.457 e. The van der Waals surface area contributed by atoms with Gasteiger partial charge in [-0.1, -0.05) is 43.7 Å². The number of hydrogen-bond acceptors (Lipinski definition) is 2. The second-order valence-electron chi connectivity index (χ2n) is 5.48. The van der Waals surface area contributed by atoms with Gasteiger partial charge in [0.15, 0.2) is 0 Å². The van der Waals surface area contributed by atoms with Gasteiger partial charge in [0.25, 0.3) is 0 Å². The van der Waals surface area contributed by atoms with Gasteiger partial charge >= 0.3 is 0 Å². The second-order valence-corrected chi connectivity index (χ2v) is 5.48. The monoisotopic (exact) mass is 269 g/mol. The topological polar surface area (TPSA) is 35.2 Å². The first-order chi connectivity index (χ1) is 9.60. The lowest BCUT2D eigenvalue weighted by Crippen LogP contribution is -2.04. The summed E-state index contributed by atoms with van der Waals surface area (Å²) in [5.74, 6) is 2.29. The van der Waals surface area contributed by atoms with Crippen LogP contribution in [0.2, 0.25) is 0 Å². The number of nitrogens with two attached hydrogens (primary N) is 1. The maximum absolute atomic E-state index is 6.05. The average molecular weight is 269 g/mol. The summed E-state index contributed by atoms with van der Waals surface area (Å²) in [6.45, 7) is 7.09. The van der Waals surface area contributed by atoms with Crippen molar-refractivity contribution in [3.63, 3.8) is 0 Å². The van der Waals surface area contributed by atoms with Crippen molar-refractivity contribution in [3.8, 4) is 11.5 Å². The largest absolute Gasteiger partial charge is 0.457 e. The van der Waals surface area contributed by atoms with E-state index < -0.39 is 0 Å². The summed E-state index contributed by atoms with van der Waals surface area (Å²) in [6.07, 6.45) is 0.834. The highest BCUT2D eigenvalue weighted by atomic mass is 16.5. The Morgan fingerprint density at radius 1 is 1.10 bits per heavy atom. The Morgan fingerprint density at radius 3 is 2.60 bits per heavy atom. The van der Waals surface area contributed by atoms with E-state index in [1.807, 2.05) is 18.2 Å². The molecule has 2 N–H and O–H groups in total. The van der Waals surface area contributed by atoms with Crippen LogP contribution in [0, 0.1) is 6.92 Å². The molecule has 2 aromatic rings. The predicted octanol–water partition coefficient (Wildman–Crippen LogP) is 4.41. The third-order valence-corrected chi connectivity index (χ3v) is 3.38. The van der Waals surface area contributed by atoms with Crippen LogP contribution in [0.5, 0.6) is 11.5 Å². The molecule has 0 aliphatic carbocycles. The quantitative estimate of drug-likeness (QED) is 0.872.